The Kier molecular flexibility index (Phi) is 7.62. The molecule has 2 aromatic rings. The van der Waals surface area contributed by atoms with Gasteiger partial charge in [0.05, 0.1) is 19.8 Å². The monoisotopic (exact) mass is 495 g/mol. The highest BCUT2D eigenvalue weighted by atomic mass is 28.4. The summed E-state index contributed by atoms with van der Waals surface area (Å²) in [5, 5.41) is 2.00. The quantitative estimate of drug-likeness (QED) is 0.447. The molecule has 6 nitrogen and oxygen atoms in total. The summed E-state index contributed by atoms with van der Waals surface area (Å²) in [5.41, 5.74) is 0.142. The molecule has 0 unspecified atom stereocenters. The average molecular weight is 496 g/mol. The zero-order chi connectivity index (χ0) is 26.0. The van der Waals surface area contributed by atoms with Crippen LogP contribution in [0.2, 0.25) is 5.04 Å². The molecule has 35 heavy (non-hydrogen) atoms. The van der Waals surface area contributed by atoms with Crippen LogP contribution >= 0.6 is 0 Å². The summed E-state index contributed by atoms with van der Waals surface area (Å²) in [7, 11) is -1.60. The Bertz CT molecular complexity index is 1040. The van der Waals surface area contributed by atoms with E-state index in [2.05, 4.69) is 45.0 Å². The Balaban J connectivity index is 2.15. The fraction of sp³-hybridized carbons (Fsp3) is 0.429. The molecule has 0 radical (unpaired) electrons. The van der Waals surface area contributed by atoms with Crippen molar-refractivity contribution in [3.63, 3.8) is 0 Å². The van der Waals surface area contributed by atoms with Crippen LogP contribution in [-0.4, -0.2) is 50.6 Å². The minimum absolute atomic E-state index is 0.176. The lowest BCUT2D eigenvalue weighted by molar-refractivity contribution is -0.137. The van der Waals surface area contributed by atoms with Crippen molar-refractivity contribution in [2.24, 2.45) is 0 Å². The molecule has 2 aromatic carbocycles. The summed E-state index contributed by atoms with van der Waals surface area (Å²) in [4.78, 5) is 27.2. The third kappa shape index (κ3) is 5.36. The van der Waals surface area contributed by atoms with Crippen molar-refractivity contribution in [1.29, 1.82) is 0 Å². The van der Waals surface area contributed by atoms with Crippen LogP contribution < -0.4 is 10.4 Å². The maximum absolute atomic E-state index is 13.1. The van der Waals surface area contributed by atoms with Crippen LogP contribution in [0.1, 0.15) is 48.5 Å². The summed E-state index contributed by atoms with van der Waals surface area (Å²) < 4.78 is 17.9. The fourth-order valence-corrected chi connectivity index (χ4v) is 9.33. The molecule has 1 heterocycles. The summed E-state index contributed by atoms with van der Waals surface area (Å²) in [6, 6.07) is 20.6. The molecular formula is C28H37NO5Si. The van der Waals surface area contributed by atoms with E-state index in [1.165, 1.54) is 12.0 Å². The number of amides is 1. The van der Waals surface area contributed by atoms with E-state index in [9.17, 15) is 9.59 Å². The van der Waals surface area contributed by atoms with Crippen molar-refractivity contribution < 1.29 is 23.5 Å². The van der Waals surface area contributed by atoms with E-state index in [0.717, 1.165) is 10.4 Å². The predicted molar refractivity (Wildman–Crippen MR) is 140 cm³/mol. The lowest BCUT2D eigenvalue weighted by Crippen LogP contribution is -2.68. The summed E-state index contributed by atoms with van der Waals surface area (Å²) >= 11 is 0. The van der Waals surface area contributed by atoms with Gasteiger partial charge in [0.1, 0.15) is 11.3 Å². The summed E-state index contributed by atoms with van der Waals surface area (Å²) in [5.74, 6) is -0.582. The number of methoxy groups -OCH3 is 1. The van der Waals surface area contributed by atoms with Crippen LogP contribution in [0.5, 0.6) is 0 Å². The zero-order valence-electron chi connectivity index (χ0n) is 22.0. The van der Waals surface area contributed by atoms with Crippen molar-refractivity contribution in [2.75, 3.05) is 13.7 Å². The zero-order valence-corrected chi connectivity index (χ0v) is 23.0. The molecule has 188 valence electrons. The molecule has 0 saturated carbocycles. The van der Waals surface area contributed by atoms with Gasteiger partial charge in [-0.25, -0.2) is 9.59 Å². The van der Waals surface area contributed by atoms with Crippen molar-refractivity contribution in [3.05, 3.63) is 71.9 Å². The molecule has 0 aromatic heterocycles. The Morgan fingerprint density at radius 3 is 1.77 bits per heavy atom. The Morgan fingerprint density at radius 1 is 0.886 bits per heavy atom. The van der Waals surface area contributed by atoms with E-state index in [-0.39, 0.29) is 17.3 Å². The minimum atomic E-state index is -2.91. The SMILES string of the molecule is COC(=O)C1=C(C)[C@H](O[Si](c2ccccc2)(c2ccccc2)C(C)(C)C)CN1C(=O)OC(C)(C)C. The molecule has 0 N–H and O–H groups in total. The van der Waals surface area contributed by atoms with E-state index in [1.807, 2.05) is 43.3 Å². The second-order valence-electron chi connectivity index (χ2n) is 10.9. The van der Waals surface area contributed by atoms with E-state index < -0.39 is 32.1 Å². The average Bonchev–Trinajstić information content (AvgIpc) is 3.12. The van der Waals surface area contributed by atoms with Crippen molar-refractivity contribution in [2.45, 2.75) is 65.2 Å². The number of hydrogen-bond donors (Lipinski definition) is 0. The number of ether oxygens (including phenoxy) is 2. The minimum Gasteiger partial charge on any atom is -0.464 e. The first kappa shape index (κ1) is 26.7. The highest BCUT2D eigenvalue weighted by Gasteiger charge is 2.53. The number of carbonyl (C=O) groups excluding carboxylic acids is 2. The van der Waals surface area contributed by atoms with Crippen LogP contribution in [0.3, 0.4) is 0 Å². The van der Waals surface area contributed by atoms with E-state index >= 15 is 0 Å². The number of esters is 1. The van der Waals surface area contributed by atoms with Gasteiger partial charge in [-0.1, -0.05) is 81.4 Å². The summed E-state index contributed by atoms with van der Waals surface area (Å²) in [6.07, 6.45) is -1.09. The number of hydrogen-bond acceptors (Lipinski definition) is 5. The van der Waals surface area contributed by atoms with Crippen molar-refractivity contribution in [1.82, 2.24) is 4.90 Å². The van der Waals surface area contributed by atoms with Gasteiger partial charge in [0, 0.05) is 0 Å². The molecule has 0 saturated heterocycles. The number of rotatable bonds is 5. The second-order valence-corrected chi connectivity index (χ2v) is 15.1. The first-order valence-corrected chi connectivity index (χ1v) is 13.8. The fourth-order valence-electron chi connectivity index (χ4n) is 4.64. The number of benzene rings is 2. The number of nitrogens with zero attached hydrogens (tertiary/aromatic N) is 1. The van der Waals surface area contributed by atoms with Crippen LogP contribution in [0, 0.1) is 0 Å². The summed E-state index contributed by atoms with van der Waals surface area (Å²) in [6.45, 7) is 14.0. The van der Waals surface area contributed by atoms with Gasteiger partial charge in [-0.3, -0.25) is 4.90 Å². The highest BCUT2D eigenvalue weighted by molar-refractivity contribution is 6.99. The molecule has 3 rings (SSSR count). The smallest absolute Gasteiger partial charge is 0.415 e. The van der Waals surface area contributed by atoms with Gasteiger partial charge in [-0.15, -0.1) is 0 Å². The normalized spacial score (nSPS) is 16.9. The highest BCUT2D eigenvalue weighted by Crippen LogP contribution is 2.40. The lowest BCUT2D eigenvalue weighted by Gasteiger charge is -2.44. The van der Waals surface area contributed by atoms with E-state index in [0.29, 0.717) is 5.57 Å². The molecular weight excluding hydrogens is 458 g/mol. The van der Waals surface area contributed by atoms with Crippen LogP contribution in [-0.2, 0) is 18.7 Å². The first-order chi connectivity index (χ1) is 16.3. The molecule has 0 spiro atoms. The van der Waals surface area contributed by atoms with Gasteiger partial charge in [0.25, 0.3) is 8.32 Å². The topological polar surface area (TPSA) is 65.1 Å². The van der Waals surface area contributed by atoms with E-state index in [4.69, 9.17) is 13.9 Å². The predicted octanol–water partition coefficient (Wildman–Crippen LogP) is 4.63. The van der Waals surface area contributed by atoms with Gasteiger partial charge in [0.2, 0.25) is 0 Å². The molecule has 1 amide bonds. The van der Waals surface area contributed by atoms with Crippen LogP contribution in [0.15, 0.2) is 71.9 Å². The maximum Gasteiger partial charge on any atom is 0.415 e. The second kappa shape index (κ2) is 9.99. The molecule has 0 bridgehead atoms. The molecule has 0 aliphatic carbocycles. The molecule has 1 atom stereocenters. The number of carbonyl (C=O) groups is 2. The van der Waals surface area contributed by atoms with Gasteiger partial charge in [0.15, 0.2) is 0 Å². The third-order valence-corrected chi connectivity index (χ3v) is 11.2. The van der Waals surface area contributed by atoms with E-state index in [1.54, 1.807) is 20.8 Å². The standard InChI is InChI=1S/C28H37NO5Si/c1-20-23(19-29(24(20)25(30)32-8)26(31)33-27(2,3)4)34-35(28(5,6)7,21-15-11-9-12-16-21)22-17-13-10-14-18-22/h9-18,23H,19H2,1-8H3/t23-/m1/s1. The third-order valence-electron chi connectivity index (χ3n) is 6.20. The molecule has 1 aliphatic heterocycles. The van der Waals surface area contributed by atoms with Gasteiger partial charge < -0.3 is 13.9 Å². The Labute approximate surface area is 210 Å². The van der Waals surface area contributed by atoms with Crippen LogP contribution in [0.25, 0.3) is 0 Å². The molecule has 7 heteroatoms. The van der Waals surface area contributed by atoms with Gasteiger partial charge in [-0.2, -0.15) is 0 Å². The molecule has 1 aliphatic rings. The van der Waals surface area contributed by atoms with Crippen molar-refractivity contribution >= 4 is 30.8 Å². The largest absolute Gasteiger partial charge is 0.464 e. The maximum atomic E-state index is 13.1. The van der Waals surface area contributed by atoms with Gasteiger partial charge >= 0.3 is 12.1 Å². The first-order valence-electron chi connectivity index (χ1n) is 11.9. The van der Waals surface area contributed by atoms with Crippen molar-refractivity contribution in [3.8, 4) is 0 Å². The Morgan fingerprint density at radius 2 is 1.37 bits per heavy atom. The van der Waals surface area contributed by atoms with Crippen LogP contribution in [0.4, 0.5) is 4.79 Å². The Hall–Kier alpha value is -2.90. The molecule has 0 fully saturated rings. The van der Waals surface area contributed by atoms with Gasteiger partial charge in [-0.05, 0) is 48.7 Å². The lowest BCUT2D eigenvalue weighted by atomic mass is 10.2.